The summed E-state index contributed by atoms with van der Waals surface area (Å²) in [6, 6.07) is 3.05. The van der Waals surface area contributed by atoms with Crippen LogP contribution in [-0.2, 0) is 19.6 Å². The summed E-state index contributed by atoms with van der Waals surface area (Å²) >= 11 is 0. The maximum absolute atomic E-state index is 13.1. The molecule has 8 nitrogen and oxygen atoms in total. The van der Waals surface area contributed by atoms with Crippen LogP contribution in [0.15, 0.2) is 23.1 Å². The second-order valence-corrected chi connectivity index (χ2v) is 8.98. The minimum absolute atomic E-state index is 0.0303. The van der Waals surface area contributed by atoms with Crippen molar-refractivity contribution in [1.29, 1.82) is 0 Å². The fourth-order valence-electron chi connectivity index (χ4n) is 3.51. The molecule has 1 aromatic rings. The molecular weight excluding hydrogens is 408 g/mol. The number of nitrogens with one attached hydrogen (secondary N) is 1. The molecule has 1 fully saturated rings. The van der Waals surface area contributed by atoms with Crippen molar-refractivity contribution in [1.82, 2.24) is 9.62 Å². The molecule has 1 aliphatic rings. The summed E-state index contributed by atoms with van der Waals surface area (Å²) in [5.74, 6) is 0.139. The number of ether oxygens (including phenoxy) is 3. The van der Waals surface area contributed by atoms with E-state index in [4.69, 9.17) is 9.47 Å². The topological polar surface area (TPSA) is 94.2 Å². The minimum atomic E-state index is -3.84. The van der Waals surface area contributed by atoms with E-state index in [1.54, 1.807) is 6.07 Å². The van der Waals surface area contributed by atoms with Crippen molar-refractivity contribution < 1.29 is 27.4 Å². The summed E-state index contributed by atoms with van der Waals surface area (Å²) in [4.78, 5) is 13.8. The molecule has 1 saturated heterocycles. The molecule has 1 aromatic carbocycles. The van der Waals surface area contributed by atoms with Crippen molar-refractivity contribution in [3.05, 3.63) is 23.8 Å². The molecule has 168 valence electrons. The molecule has 2 rings (SSSR count). The van der Waals surface area contributed by atoms with Crippen LogP contribution in [0.2, 0.25) is 0 Å². The summed E-state index contributed by atoms with van der Waals surface area (Å²) in [6.07, 6.45) is 5.74. The number of likely N-dealkylation sites (tertiary alicyclic amines) is 1. The summed E-state index contributed by atoms with van der Waals surface area (Å²) < 4.78 is 44.1. The van der Waals surface area contributed by atoms with E-state index in [1.807, 2.05) is 0 Å². The van der Waals surface area contributed by atoms with E-state index in [2.05, 4.69) is 21.3 Å². The predicted molar refractivity (Wildman–Crippen MR) is 115 cm³/mol. The highest BCUT2D eigenvalue weighted by Crippen LogP contribution is 2.36. The molecule has 1 heterocycles. The molecule has 0 bridgehead atoms. The minimum Gasteiger partial charge on any atom is -0.493 e. The summed E-state index contributed by atoms with van der Waals surface area (Å²) in [5.41, 5.74) is 0.478. The highest BCUT2D eigenvalue weighted by Gasteiger charge is 2.26. The number of piperidine rings is 1. The Morgan fingerprint density at radius 3 is 2.47 bits per heavy atom. The van der Waals surface area contributed by atoms with Crippen LogP contribution >= 0.6 is 0 Å². The van der Waals surface area contributed by atoms with Gasteiger partial charge in [0.05, 0.1) is 21.3 Å². The van der Waals surface area contributed by atoms with Gasteiger partial charge in [0.1, 0.15) is 4.90 Å². The van der Waals surface area contributed by atoms with Crippen molar-refractivity contribution >= 4 is 22.1 Å². The van der Waals surface area contributed by atoms with E-state index in [-0.39, 0.29) is 16.4 Å². The molecule has 0 radical (unpaired) electrons. The molecular formula is C21H32N2O6S. The zero-order chi connectivity index (χ0) is 22.1. The van der Waals surface area contributed by atoms with Gasteiger partial charge in [-0.25, -0.2) is 17.9 Å². The van der Waals surface area contributed by atoms with Gasteiger partial charge in [0.15, 0.2) is 11.5 Å². The molecule has 0 atom stereocenters. The third kappa shape index (κ3) is 6.45. The predicted octanol–water partition coefficient (Wildman–Crippen LogP) is 2.29. The fraction of sp³-hybridized carbons (Fsp3) is 0.571. The van der Waals surface area contributed by atoms with Gasteiger partial charge in [-0.2, -0.15) is 0 Å². The molecule has 0 amide bonds. The third-order valence-corrected chi connectivity index (χ3v) is 6.61. The van der Waals surface area contributed by atoms with Crippen molar-refractivity contribution in [3.8, 4) is 11.5 Å². The Bertz CT molecular complexity index is 845. The first-order valence-electron chi connectivity index (χ1n) is 10.1. The number of esters is 1. The van der Waals surface area contributed by atoms with Crippen molar-refractivity contribution in [2.24, 2.45) is 5.92 Å². The van der Waals surface area contributed by atoms with Gasteiger partial charge in [0.2, 0.25) is 10.0 Å². The van der Waals surface area contributed by atoms with Gasteiger partial charge in [0.25, 0.3) is 0 Å². The Morgan fingerprint density at radius 2 is 1.90 bits per heavy atom. The van der Waals surface area contributed by atoms with E-state index in [9.17, 15) is 13.2 Å². The normalized spacial score (nSPS) is 16.0. The molecule has 30 heavy (non-hydrogen) atoms. The van der Waals surface area contributed by atoms with Crippen LogP contribution in [0.25, 0.3) is 6.08 Å². The second-order valence-electron chi connectivity index (χ2n) is 7.25. The van der Waals surface area contributed by atoms with Crippen LogP contribution in [0.4, 0.5) is 0 Å². The average Bonchev–Trinajstić information content (AvgIpc) is 2.76. The van der Waals surface area contributed by atoms with E-state index in [0.717, 1.165) is 38.9 Å². The van der Waals surface area contributed by atoms with Crippen LogP contribution in [-0.4, -0.2) is 66.8 Å². The lowest BCUT2D eigenvalue weighted by atomic mass is 9.97. The van der Waals surface area contributed by atoms with Crippen LogP contribution in [0, 0.1) is 5.92 Å². The van der Waals surface area contributed by atoms with Gasteiger partial charge in [-0.1, -0.05) is 6.92 Å². The van der Waals surface area contributed by atoms with Gasteiger partial charge >= 0.3 is 5.97 Å². The van der Waals surface area contributed by atoms with Crippen LogP contribution in [0.1, 0.15) is 31.7 Å². The Balaban J connectivity index is 2.20. The van der Waals surface area contributed by atoms with Crippen molar-refractivity contribution in [2.45, 2.75) is 31.1 Å². The van der Waals surface area contributed by atoms with E-state index in [0.29, 0.717) is 18.0 Å². The monoisotopic (exact) mass is 440 g/mol. The third-order valence-electron chi connectivity index (χ3n) is 5.18. The number of rotatable bonds is 10. The first-order valence-corrected chi connectivity index (χ1v) is 11.6. The number of carbonyl (C=O) groups is 1. The highest BCUT2D eigenvalue weighted by molar-refractivity contribution is 7.89. The Hall–Kier alpha value is -2.10. The molecule has 1 aliphatic heterocycles. The largest absolute Gasteiger partial charge is 0.493 e. The first kappa shape index (κ1) is 24.2. The number of nitrogens with zero attached hydrogens (tertiary/aromatic N) is 1. The summed E-state index contributed by atoms with van der Waals surface area (Å²) in [6.45, 7) is 5.60. The molecule has 0 aromatic heterocycles. The summed E-state index contributed by atoms with van der Waals surface area (Å²) in [5, 5.41) is 0. The summed E-state index contributed by atoms with van der Waals surface area (Å²) in [7, 11) is 0.251. The lowest BCUT2D eigenvalue weighted by Gasteiger charge is -2.31. The van der Waals surface area contributed by atoms with E-state index >= 15 is 0 Å². The molecule has 0 saturated carbocycles. The van der Waals surface area contributed by atoms with Gasteiger partial charge in [-0.3, -0.25) is 0 Å². The quantitative estimate of drug-likeness (QED) is 0.441. The Labute approximate surface area is 179 Å². The number of methoxy groups -OCH3 is 3. The van der Waals surface area contributed by atoms with Gasteiger partial charge < -0.3 is 19.1 Å². The number of benzene rings is 1. The maximum atomic E-state index is 13.1. The lowest BCUT2D eigenvalue weighted by Crippen LogP contribution is -2.39. The average molecular weight is 441 g/mol. The smallest absolute Gasteiger partial charge is 0.330 e. The Kier molecular flexibility index (Phi) is 9.13. The van der Waals surface area contributed by atoms with Crippen LogP contribution < -0.4 is 14.2 Å². The zero-order valence-electron chi connectivity index (χ0n) is 18.1. The number of sulfonamides is 1. The lowest BCUT2D eigenvalue weighted by molar-refractivity contribution is -0.134. The molecule has 1 N–H and O–H groups in total. The van der Waals surface area contributed by atoms with Crippen molar-refractivity contribution in [3.63, 3.8) is 0 Å². The standard InChI is InChI=1S/C21H32N2O6S/c1-5-10-23-11-8-16(9-12-23)15-22-30(25,26)19-14-17(6-7-20(24)28-3)13-18(27-2)21(19)29-4/h6-7,13-14,16,22H,5,8-12,15H2,1-4H3/b7-6+. The highest BCUT2D eigenvalue weighted by atomic mass is 32.2. The zero-order valence-corrected chi connectivity index (χ0v) is 19.0. The molecule has 0 spiro atoms. The fourth-order valence-corrected chi connectivity index (χ4v) is 4.84. The van der Waals surface area contributed by atoms with Gasteiger partial charge in [-0.05, 0) is 68.6 Å². The van der Waals surface area contributed by atoms with Gasteiger partial charge in [0, 0.05) is 12.6 Å². The van der Waals surface area contributed by atoms with Gasteiger partial charge in [-0.15, -0.1) is 0 Å². The number of hydrogen-bond donors (Lipinski definition) is 1. The molecule has 0 aliphatic carbocycles. The maximum Gasteiger partial charge on any atom is 0.330 e. The van der Waals surface area contributed by atoms with Crippen LogP contribution in [0.5, 0.6) is 11.5 Å². The number of carbonyl (C=O) groups excluding carboxylic acids is 1. The Morgan fingerprint density at radius 1 is 1.20 bits per heavy atom. The molecule has 0 unspecified atom stereocenters. The molecule has 9 heteroatoms. The van der Waals surface area contributed by atoms with E-state index < -0.39 is 16.0 Å². The second kappa shape index (κ2) is 11.3. The SMILES string of the molecule is CCCN1CCC(CNS(=O)(=O)c2cc(/C=C/C(=O)OC)cc(OC)c2OC)CC1. The first-order chi connectivity index (χ1) is 14.3. The van der Waals surface area contributed by atoms with E-state index in [1.165, 1.54) is 39.5 Å². The number of hydrogen-bond acceptors (Lipinski definition) is 7. The van der Waals surface area contributed by atoms with Crippen LogP contribution in [0.3, 0.4) is 0 Å². The van der Waals surface area contributed by atoms with Crippen molar-refractivity contribution in [2.75, 3.05) is 47.5 Å².